The number of hydrogen-bond donors (Lipinski definition) is 2. The lowest BCUT2D eigenvalue weighted by atomic mass is 10.1. The van der Waals surface area contributed by atoms with Crippen LogP contribution in [0.5, 0.6) is 0 Å². The summed E-state index contributed by atoms with van der Waals surface area (Å²) in [6.45, 7) is 8.92. The van der Waals surface area contributed by atoms with E-state index in [1.54, 1.807) is 0 Å². The van der Waals surface area contributed by atoms with Gasteiger partial charge in [0.2, 0.25) is 0 Å². The van der Waals surface area contributed by atoms with Crippen molar-refractivity contribution in [1.82, 2.24) is 10.2 Å². The largest absolute Gasteiger partial charge is 0.397 e. The zero-order valence-corrected chi connectivity index (χ0v) is 13.5. The van der Waals surface area contributed by atoms with E-state index in [1.807, 2.05) is 13.0 Å². The first kappa shape index (κ1) is 15.1. The third kappa shape index (κ3) is 2.91. The van der Waals surface area contributed by atoms with Gasteiger partial charge in [-0.05, 0) is 33.9 Å². The number of amides is 1. The van der Waals surface area contributed by atoms with E-state index in [4.69, 9.17) is 5.73 Å². The summed E-state index contributed by atoms with van der Waals surface area (Å²) >= 11 is 1.49. The molecule has 1 saturated heterocycles. The van der Waals surface area contributed by atoms with Crippen LogP contribution in [0.15, 0.2) is 6.07 Å². The van der Waals surface area contributed by atoms with Crippen LogP contribution in [0.1, 0.15) is 30.4 Å². The minimum atomic E-state index is -0.0727. The van der Waals surface area contributed by atoms with E-state index in [0.717, 1.165) is 18.1 Å². The summed E-state index contributed by atoms with van der Waals surface area (Å²) in [5.41, 5.74) is 6.57. The van der Waals surface area contributed by atoms with Crippen LogP contribution < -0.4 is 16.0 Å². The van der Waals surface area contributed by atoms with Crippen molar-refractivity contribution >= 4 is 27.9 Å². The second-order valence-corrected chi connectivity index (χ2v) is 6.53. The highest BCUT2D eigenvalue weighted by Gasteiger charge is 2.28. The number of nitrogens with one attached hydrogen (secondary N) is 1. The number of nitrogens with zero attached hydrogens (tertiary/aromatic N) is 2. The molecule has 2 heterocycles. The van der Waals surface area contributed by atoms with Crippen LogP contribution in [0.2, 0.25) is 0 Å². The fourth-order valence-corrected chi connectivity index (χ4v) is 3.56. The zero-order valence-electron chi connectivity index (χ0n) is 12.6. The van der Waals surface area contributed by atoms with Crippen LogP contribution in [0.25, 0.3) is 0 Å². The van der Waals surface area contributed by atoms with Crippen LogP contribution in [0, 0.1) is 0 Å². The summed E-state index contributed by atoms with van der Waals surface area (Å²) < 4.78 is 0. The average Bonchev–Trinajstić information content (AvgIpc) is 2.78. The maximum absolute atomic E-state index is 11.9. The molecular weight excluding hydrogens is 272 g/mol. The van der Waals surface area contributed by atoms with Crippen molar-refractivity contribution in [1.29, 1.82) is 0 Å². The summed E-state index contributed by atoms with van der Waals surface area (Å²) in [7, 11) is 2.16. The second-order valence-electron chi connectivity index (χ2n) is 5.50. The monoisotopic (exact) mass is 296 g/mol. The summed E-state index contributed by atoms with van der Waals surface area (Å²) in [4.78, 5) is 17.3. The molecule has 0 radical (unpaired) electrons. The molecule has 2 atom stereocenters. The van der Waals surface area contributed by atoms with Gasteiger partial charge in [0.25, 0.3) is 5.91 Å². The molecule has 2 rings (SSSR count). The molecule has 0 bridgehead atoms. The molecule has 6 heteroatoms. The number of carbonyl (C=O) groups is 1. The molecule has 0 aromatic carbocycles. The summed E-state index contributed by atoms with van der Waals surface area (Å²) in [6, 6.07) is 2.92. The van der Waals surface area contributed by atoms with Crippen LogP contribution in [0.4, 0.5) is 10.7 Å². The van der Waals surface area contributed by atoms with E-state index in [0.29, 0.717) is 29.2 Å². The highest BCUT2D eigenvalue weighted by Crippen LogP contribution is 2.34. The van der Waals surface area contributed by atoms with Crippen molar-refractivity contribution in [2.24, 2.45) is 0 Å². The number of rotatable bonds is 3. The Morgan fingerprint density at radius 2 is 2.05 bits per heavy atom. The highest BCUT2D eigenvalue weighted by atomic mass is 32.1. The summed E-state index contributed by atoms with van der Waals surface area (Å²) in [5.74, 6) is -0.0727. The highest BCUT2D eigenvalue weighted by molar-refractivity contribution is 7.18. The Morgan fingerprint density at radius 1 is 1.45 bits per heavy atom. The number of likely N-dealkylation sites (N-methyl/N-ethyl adjacent to an activating group) is 1. The maximum Gasteiger partial charge on any atom is 0.263 e. The normalized spacial score (nSPS) is 23.9. The molecule has 1 aliphatic heterocycles. The van der Waals surface area contributed by atoms with Gasteiger partial charge in [-0.1, -0.05) is 0 Å². The first-order valence-electron chi connectivity index (χ1n) is 7.08. The Kier molecular flexibility index (Phi) is 4.55. The van der Waals surface area contributed by atoms with Gasteiger partial charge < -0.3 is 16.0 Å². The minimum Gasteiger partial charge on any atom is -0.397 e. The predicted octanol–water partition coefficient (Wildman–Crippen LogP) is 1.61. The van der Waals surface area contributed by atoms with E-state index in [1.165, 1.54) is 11.3 Å². The van der Waals surface area contributed by atoms with E-state index < -0.39 is 0 Å². The molecular formula is C14H24N4OS. The van der Waals surface area contributed by atoms with Gasteiger partial charge in [0.15, 0.2) is 0 Å². The van der Waals surface area contributed by atoms with E-state index in [2.05, 4.69) is 36.0 Å². The SMILES string of the molecule is CCNC(=O)c1sc(N2CC(C)N(C)C(C)C2)cc1N. The van der Waals surface area contributed by atoms with Gasteiger partial charge in [-0.2, -0.15) is 0 Å². The quantitative estimate of drug-likeness (QED) is 0.889. The average molecular weight is 296 g/mol. The molecule has 1 aromatic heterocycles. The number of nitrogens with two attached hydrogens (primary N) is 1. The molecule has 1 amide bonds. The van der Waals surface area contributed by atoms with Crippen LogP contribution in [-0.4, -0.2) is 49.6 Å². The summed E-state index contributed by atoms with van der Waals surface area (Å²) in [6.07, 6.45) is 0. The molecule has 1 aliphatic rings. The van der Waals surface area contributed by atoms with E-state index >= 15 is 0 Å². The Morgan fingerprint density at radius 3 is 2.60 bits per heavy atom. The molecule has 2 unspecified atom stereocenters. The molecule has 112 valence electrons. The van der Waals surface area contributed by atoms with Gasteiger partial charge in [0.1, 0.15) is 4.88 Å². The Bertz CT molecular complexity index is 476. The van der Waals surface area contributed by atoms with Gasteiger partial charge in [-0.15, -0.1) is 11.3 Å². The lowest BCUT2D eigenvalue weighted by Gasteiger charge is -2.42. The van der Waals surface area contributed by atoms with Crippen LogP contribution in [0.3, 0.4) is 0 Å². The second kappa shape index (κ2) is 6.01. The first-order chi connectivity index (χ1) is 9.43. The fraction of sp³-hybridized carbons (Fsp3) is 0.643. The van der Waals surface area contributed by atoms with Crippen molar-refractivity contribution in [3.63, 3.8) is 0 Å². The van der Waals surface area contributed by atoms with Crippen molar-refractivity contribution in [2.75, 3.05) is 37.3 Å². The topological polar surface area (TPSA) is 61.6 Å². The Hall–Kier alpha value is -1.27. The van der Waals surface area contributed by atoms with E-state index in [9.17, 15) is 4.79 Å². The summed E-state index contributed by atoms with van der Waals surface area (Å²) in [5, 5.41) is 3.90. The molecule has 0 aliphatic carbocycles. The van der Waals surface area contributed by atoms with Gasteiger partial charge in [-0.25, -0.2) is 0 Å². The smallest absolute Gasteiger partial charge is 0.263 e. The lowest BCUT2D eigenvalue weighted by Crippen LogP contribution is -2.54. The van der Waals surface area contributed by atoms with Crippen LogP contribution in [-0.2, 0) is 0 Å². The molecule has 1 aromatic rings. The molecule has 20 heavy (non-hydrogen) atoms. The Labute approximate surface area is 124 Å². The van der Waals surface area contributed by atoms with Crippen molar-refractivity contribution in [2.45, 2.75) is 32.9 Å². The first-order valence-corrected chi connectivity index (χ1v) is 7.90. The van der Waals surface area contributed by atoms with Gasteiger partial charge in [0.05, 0.1) is 10.7 Å². The fourth-order valence-electron chi connectivity index (χ4n) is 2.55. The van der Waals surface area contributed by atoms with Crippen molar-refractivity contribution in [3.05, 3.63) is 10.9 Å². The third-order valence-corrected chi connectivity index (χ3v) is 5.17. The zero-order chi connectivity index (χ0) is 14.9. The molecule has 5 nitrogen and oxygen atoms in total. The van der Waals surface area contributed by atoms with Crippen molar-refractivity contribution < 1.29 is 4.79 Å². The molecule has 0 spiro atoms. The van der Waals surface area contributed by atoms with Gasteiger partial charge in [0, 0.05) is 31.7 Å². The number of thiophene rings is 1. The van der Waals surface area contributed by atoms with Crippen molar-refractivity contribution in [3.8, 4) is 0 Å². The van der Waals surface area contributed by atoms with Gasteiger partial charge >= 0.3 is 0 Å². The standard InChI is InChI=1S/C14H24N4OS/c1-5-16-14(19)13-11(15)6-12(20-13)18-7-9(2)17(4)10(3)8-18/h6,9-10H,5,7-8,15H2,1-4H3,(H,16,19). The van der Waals surface area contributed by atoms with Crippen LogP contribution >= 0.6 is 11.3 Å². The number of piperazine rings is 1. The number of anilines is 2. The minimum absolute atomic E-state index is 0.0727. The van der Waals surface area contributed by atoms with Gasteiger partial charge in [-0.3, -0.25) is 9.69 Å². The van der Waals surface area contributed by atoms with E-state index in [-0.39, 0.29) is 5.91 Å². The number of nitrogen functional groups attached to an aromatic ring is 1. The maximum atomic E-state index is 11.9. The number of carbonyl (C=O) groups excluding carboxylic acids is 1. The lowest BCUT2D eigenvalue weighted by molar-refractivity contribution is 0.0960. The molecule has 0 saturated carbocycles. The predicted molar refractivity (Wildman–Crippen MR) is 85.6 cm³/mol. The third-order valence-electron chi connectivity index (χ3n) is 3.96. The molecule has 1 fully saturated rings. The Balaban J connectivity index is 2.18. The molecule has 3 N–H and O–H groups in total. The number of hydrogen-bond acceptors (Lipinski definition) is 5.